The number of nitrogens with two attached hydrogens (primary N) is 1. The summed E-state index contributed by atoms with van der Waals surface area (Å²) in [4.78, 5) is 11.3. The van der Waals surface area contributed by atoms with Gasteiger partial charge < -0.3 is 15.6 Å². The van der Waals surface area contributed by atoms with Crippen molar-refractivity contribution in [3.8, 4) is 11.5 Å². The van der Waals surface area contributed by atoms with Crippen molar-refractivity contribution in [3.05, 3.63) is 59.7 Å². The summed E-state index contributed by atoms with van der Waals surface area (Å²) >= 11 is 0. The van der Waals surface area contributed by atoms with Crippen LogP contribution in [0.5, 0.6) is 11.5 Å². The number of ether oxygens (including phenoxy) is 1. The highest BCUT2D eigenvalue weighted by atomic mass is 16.5. The zero-order chi connectivity index (χ0) is 13.8. The van der Waals surface area contributed by atoms with E-state index in [9.17, 15) is 9.90 Å². The number of aliphatic hydroxyl groups is 1. The smallest absolute Gasteiger partial charge is 0.252 e. The first kappa shape index (κ1) is 13.1. The molecule has 0 radical (unpaired) electrons. The first-order chi connectivity index (χ1) is 9.09. The fourth-order valence-corrected chi connectivity index (χ4v) is 1.80. The lowest BCUT2D eigenvalue weighted by atomic mass is 10.1. The molecule has 0 heterocycles. The van der Waals surface area contributed by atoms with Crippen molar-refractivity contribution in [2.75, 3.05) is 0 Å². The van der Waals surface area contributed by atoms with Crippen LogP contribution in [0.4, 0.5) is 0 Å². The molecule has 2 rings (SSSR count). The second-order valence-electron chi connectivity index (χ2n) is 4.18. The molecule has 0 aliphatic heterocycles. The molecular weight excluding hydrogens is 242 g/mol. The predicted molar refractivity (Wildman–Crippen MR) is 72.1 cm³/mol. The lowest BCUT2D eigenvalue weighted by Gasteiger charge is -2.14. The van der Waals surface area contributed by atoms with Crippen molar-refractivity contribution < 1.29 is 14.6 Å². The molecule has 2 aromatic carbocycles. The van der Waals surface area contributed by atoms with Crippen LogP contribution in [0, 0.1) is 0 Å². The van der Waals surface area contributed by atoms with E-state index in [0.29, 0.717) is 22.6 Å². The molecule has 0 aliphatic rings. The molecule has 1 atom stereocenters. The summed E-state index contributed by atoms with van der Waals surface area (Å²) < 4.78 is 5.70. The summed E-state index contributed by atoms with van der Waals surface area (Å²) in [6.45, 7) is 1.65. The molecule has 4 heteroatoms. The number of rotatable bonds is 4. The van der Waals surface area contributed by atoms with Gasteiger partial charge in [-0.1, -0.05) is 30.3 Å². The van der Waals surface area contributed by atoms with Gasteiger partial charge in [-0.3, -0.25) is 4.79 Å². The van der Waals surface area contributed by atoms with Crippen LogP contribution in [-0.4, -0.2) is 11.0 Å². The van der Waals surface area contributed by atoms with E-state index in [1.54, 1.807) is 49.4 Å². The van der Waals surface area contributed by atoms with E-state index in [4.69, 9.17) is 10.5 Å². The number of para-hydroxylation sites is 2. The normalized spacial score (nSPS) is 11.9. The second-order valence-corrected chi connectivity index (χ2v) is 4.18. The van der Waals surface area contributed by atoms with E-state index in [0.717, 1.165) is 0 Å². The number of primary amides is 1. The first-order valence-electron chi connectivity index (χ1n) is 5.93. The molecule has 98 valence electrons. The van der Waals surface area contributed by atoms with Gasteiger partial charge in [-0.05, 0) is 25.1 Å². The Balaban J connectivity index is 2.39. The molecule has 0 fully saturated rings. The minimum absolute atomic E-state index is 0.308. The molecule has 3 N–H and O–H groups in total. The van der Waals surface area contributed by atoms with Gasteiger partial charge in [0.15, 0.2) is 0 Å². The Hall–Kier alpha value is -2.33. The summed E-state index contributed by atoms with van der Waals surface area (Å²) in [5.74, 6) is 0.333. The number of hydrogen-bond acceptors (Lipinski definition) is 3. The lowest BCUT2D eigenvalue weighted by Crippen LogP contribution is -2.12. The molecule has 0 spiro atoms. The monoisotopic (exact) mass is 257 g/mol. The number of benzene rings is 2. The Kier molecular flexibility index (Phi) is 3.82. The topological polar surface area (TPSA) is 72.6 Å². The second kappa shape index (κ2) is 5.54. The molecule has 0 aromatic heterocycles. The fourth-order valence-electron chi connectivity index (χ4n) is 1.80. The van der Waals surface area contributed by atoms with Gasteiger partial charge in [0.1, 0.15) is 11.5 Å². The summed E-state index contributed by atoms with van der Waals surface area (Å²) in [5.41, 5.74) is 6.26. The molecule has 19 heavy (non-hydrogen) atoms. The standard InChI is InChI=1S/C15H15NO3/c1-10(17)11-6-2-4-8-13(11)19-14-9-5-3-7-12(14)15(16)18/h2-10,17H,1H3,(H2,16,18). The van der Waals surface area contributed by atoms with Gasteiger partial charge in [0, 0.05) is 5.56 Å². The Morgan fingerprint density at radius 2 is 1.68 bits per heavy atom. The minimum Gasteiger partial charge on any atom is -0.456 e. The van der Waals surface area contributed by atoms with Crippen molar-refractivity contribution in [1.82, 2.24) is 0 Å². The van der Waals surface area contributed by atoms with Gasteiger partial charge in [-0.25, -0.2) is 0 Å². The first-order valence-corrected chi connectivity index (χ1v) is 5.93. The van der Waals surface area contributed by atoms with Crippen LogP contribution < -0.4 is 10.5 Å². The molecule has 0 aliphatic carbocycles. The van der Waals surface area contributed by atoms with Crippen LogP contribution in [-0.2, 0) is 0 Å². The molecule has 2 aromatic rings. The molecule has 4 nitrogen and oxygen atoms in total. The number of carbonyl (C=O) groups excluding carboxylic acids is 1. The number of aliphatic hydroxyl groups excluding tert-OH is 1. The third-order valence-electron chi connectivity index (χ3n) is 2.74. The molecule has 0 saturated carbocycles. The molecule has 0 bridgehead atoms. The van der Waals surface area contributed by atoms with E-state index in [-0.39, 0.29) is 0 Å². The number of hydrogen-bond donors (Lipinski definition) is 2. The largest absolute Gasteiger partial charge is 0.456 e. The molecule has 1 unspecified atom stereocenters. The Labute approximate surface area is 111 Å². The van der Waals surface area contributed by atoms with Crippen molar-refractivity contribution >= 4 is 5.91 Å². The Bertz CT molecular complexity index is 593. The lowest BCUT2D eigenvalue weighted by molar-refractivity contribution is 0.0998. The van der Waals surface area contributed by atoms with Gasteiger partial charge in [-0.2, -0.15) is 0 Å². The maximum Gasteiger partial charge on any atom is 0.252 e. The van der Waals surface area contributed by atoms with Crippen molar-refractivity contribution in [2.45, 2.75) is 13.0 Å². The van der Waals surface area contributed by atoms with E-state index in [2.05, 4.69) is 0 Å². The van der Waals surface area contributed by atoms with Crippen LogP contribution >= 0.6 is 0 Å². The average molecular weight is 257 g/mol. The molecular formula is C15H15NO3. The van der Waals surface area contributed by atoms with Gasteiger partial charge in [0.2, 0.25) is 0 Å². The highest BCUT2D eigenvalue weighted by Gasteiger charge is 2.13. The zero-order valence-electron chi connectivity index (χ0n) is 10.5. The Morgan fingerprint density at radius 1 is 1.11 bits per heavy atom. The minimum atomic E-state index is -0.656. The predicted octanol–water partition coefficient (Wildman–Crippen LogP) is 2.63. The third-order valence-corrected chi connectivity index (χ3v) is 2.74. The van der Waals surface area contributed by atoms with Crippen LogP contribution in [0.15, 0.2) is 48.5 Å². The maximum atomic E-state index is 11.3. The Morgan fingerprint density at radius 3 is 2.32 bits per heavy atom. The van der Waals surface area contributed by atoms with E-state index >= 15 is 0 Å². The van der Waals surface area contributed by atoms with Gasteiger partial charge in [-0.15, -0.1) is 0 Å². The van der Waals surface area contributed by atoms with Gasteiger partial charge in [0.05, 0.1) is 11.7 Å². The van der Waals surface area contributed by atoms with Crippen molar-refractivity contribution in [1.29, 1.82) is 0 Å². The van der Waals surface area contributed by atoms with E-state index in [1.807, 2.05) is 6.07 Å². The van der Waals surface area contributed by atoms with Crippen molar-refractivity contribution in [2.24, 2.45) is 5.73 Å². The SMILES string of the molecule is CC(O)c1ccccc1Oc1ccccc1C(N)=O. The average Bonchev–Trinajstić information content (AvgIpc) is 2.39. The summed E-state index contributed by atoms with van der Waals surface area (Å²) in [5, 5.41) is 9.69. The number of amides is 1. The summed E-state index contributed by atoms with van der Waals surface area (Å²) in [6, 6.07) is 13.9. The molecule has 0 saturated heterocycles. The molecule has 1 amide bonds. The third kappa shape index (κ3) is 2.92. The number of carbonyl (C=O) groups is 1. The highest BCUT2D eigenvalue weighted by molar-refractivity contribution is 5.95. The summed E-state index contributed by atoms with van der Waals surface area (Å²) in [7, 11) is 0. The van der Waals surface area contributed by atoms with Gasteiger partial charge in [0.25, 0.3) is 5.91 Å². The maximum absolute atomic E-state index is 11.3. The zero-order valence-corrected chi connectivity index (χ0v) is 10.5. The van der Waals surface area contributed by atoms with Crippen LogP contribution in [0.3, 0.4) is 0 Å². The van der Waals surface area contributed by atoms with Crippen molar-refractivity contribution in [3.63, 3.8) is 0 Å². The van der Waals surface area contributed by atoms with Crippen LogP contribution in [0.1, 0.15) is 28.9 Å². The van der Waals surface area contributed by atoms with E-state index in [1.165, 1.54) is 0 Å². The van der Waals surface area contributed by atoms with Gasteiger partial charge >= 0.3 is 0 Å². The summed E-state index contributed by atoms with van der Waals surface area (Å²) in [6.07, 6.45) is -0.656. The quantitative estimate of drug-likeness (QED) is 0.884. The van der Waals surface area contributed by atoms with E-state index < -0.39 is 12.0 Å². The highest BCUT2D eigenvalue weighted by Crippen LogP contribution is 2.30. The fraction of sp³-hybridized carbons (Fsp3) is 0.133. The van der Waals surface area contributed by atoms with Crippen LogP contribution in [0.2, 0.25) is 0 Å². The van der Waals surface area contributed by atoms with Crippen LogP contribution in [0.25, 0.3) is 0 Å².